The molecule has 0 radical (unpaired) electrons. The summed E-state index contributed by atoms with van der Waals surface area (Å²) in [4.78, 5) is 15.5. The number of phenolic OH excluding ortho intramolecular Hbond substituents is 1. The van der Waals surface area contributed by atoms with Gasteiger partial charge in [0.1, 0.15) is 16.7 Å². The Kier molecular flexibility index (Phi) is 4.57. The third-order valence-electron chi connectivity index (χ3n) is 3.41. The van der Waals surface area contributed by atoms with Gasteiger partial charge in [0.2, 0.25) is 0 Å². The van der Waals surface area contributed by atoms with E-state index in [2.05, 4.69) is 4.98 Å². The lowest BCUT2D eigenvalue weighted by Gasteiger charge is -2.02. The lowest BCUT2D eigenvalue weighted by Crippen LogP contribution is -2.10. The van der Waals surface area contributed by atoms with Crippen molar-refractivity contribution in [2.75, 3.05) is 0 Å². The standard InChI is InChI=1S/C18H15NO4S/c1-11(17(21)22)24-18-19-15(12-5-3-2-4-6-12)16(23-18)13-7-9-14(20)10-8-13/h2-11,20H,1H3,(H,21,22). The Morgan fingerprint density at radius 3 is 2.38 bits per heavy atom. The van der Waals surface area contributed by atoms with E-state index < -0.39 is 11.2 Å². The van der Waals surface area contributed by atoms with Crippen LogP contribution in [0, 0.1) is 0 Å². The number of rotatable bonds is 5. The summed E-state index contributed by atoms with van der Waals surface area (Å²) < 4.78 is 5.82. The van der Waals surface area contributed by atoms with Crippen molar-refractivity contribution in [1.82, 2.24) is 4.98 Å². The average molecular weight is 341 g/mol. The van der Waals surface area contributed by atoms with Gasteiger partial charge in [-0.15, -0.1) is 0 Å². The highest BCUT2D eigenvalue weighted by molar-refractivity contribution is 8.00. The fourth-order valence-corrected chi connectivity index (χ4v) is 2.83. The highest BCUT2D eigenvalue weighted by atomic mass is 32.2. The van der Waals surface area contributed by atoms with E-state index in [4.69, 9.17) is 9.52 Å². The van der Waals surface area contributed by atoms with Crippen LogP contribution in [0.4, 0.5) is 0 Å². The highest BCUT2D eigenvalue weighted by Gasteiger charge is 2.21. The number of oxazole rings is 1. The number of aromatic nitrogens is 1. The maximum atomic E-state index is 11.1. The second-order valence-corrected chi connectivity index (χ2v) is 6.46. The van der Waals surface area contributed by atoms with Crippen LogP contribution >= 0.6 is 11.8 Å². The first-order chi connectivity index (χ1) is 11.5. The molecule has 3 aromatic rings. The zero-order valence-corrected chi connectivity index (χ0v) is 13.7. The summed E-state index contributed by atoms with van der Waals surface area (Å²) in [6.45, 7) is 1.58. The summed E-state index contributed by atoms with van der Waals surface area (Å²) in [6, 6.07) is 16.1. The predicted octanol–water partition coefficient (Wildman–Crippen LogP) is 4.28. The molecule has 3 rings (SSSR count). The Morgan fingerprint density at radius 1 is 1.08 bits per heavy atom. The summed E-state index contributed by atoms with van der Waals surface area (Å²) in [7, 11) is 0. The fraction of sp³-hybridized carbons (Fsp3) is 0.111. The number of thioether (sulfide) groups is 1. The van der Waals surface area contributed by atoms with Crippen molar-refractivity contribution in [1.29, 1.82) is 0 Å². The first-order valence-corrected chi connectivity index (χ1v) is 8.17. The number of aromatic hydroxyl groups is 1. The van der Waals surface area contributed by atoms with Crippen LogP contribution in [0.1, 0.15) is 6.92 Å². The number of hydrogen-bond acceptors (Lipinski definition) is 5. The van der Waals surface area contributed by atoms with E-state index in [-0.39, 0.29) is 5.75 Å². The largest absolute Gasteiger partial charge is 0.508 e. The fourth-order valence-electron chi connectivity index (χ4n) is 2.15. The van der Waals surface area contributed by atoms with Crippen molar-refractivity contribution in [2.45, 2.75) is 17.4 Å². The van der Waals surface area contributed by atoms with Crippen molar-refractivity contribution in [3.63, 3.8) is 0 Å². The molecule has 24 heavy (non-hydrogen) atoms. The molecule has 1 unspecified atom stereocenters. The van der Waals surface area contributed by atoms with Gasteiger partial charge in [-0.05, 0) is 31.2 Å². The van der Waals surface area contributed by atoms with Gasteiger partial charge in [0, 0.05) is 11.1 Å². The molecule has 2 aromatic carbocycles. The summed E-state index contributed by atoms with van der Waals surface area (Å²) in [5.74, 6) is -0.222. The van der Waals surface area contributed by atoms with Gasteiger partial charge < -0.3 is 14.6 Å². The molecule has 0 aliphatic carbocycles. The van der Waals surface area contributed by atoms with Crippen LogP contribution in [-0.2, 0) is 4.79 Å². The molecule has 5 nitrogen and oxygen atoms in total. The quantitative estimate of drug-likeness (QED) is 0.674. The lowest BCUT2D eigenvalue weighted by molar-refractivity contribution is -0.136. The Labute approximate surface area is 143 Å². The van der Waals surface area contributed by atoms with E-state index in [9.17, 15) is 9.90 Å². The Hall–Kier alpha value is -2.73. The number of aliphatic carboxylic acids is 1. The zero-order valence-electron chi connectivity index (χ0n) is 12.8. The number of carboxylic acids is 1. The summed E-state index contributed by atoms with van der Waals surface area (Å²) in [5, 5.41) is 18.2. The molecule has 0 spiro atoms. The molecule has 0 aliphatic rings. The second-order valence-electron chi connectivity index (χ2n) is 5.17. The number of hydrogen-bond donors (Lipinski definition) is 2. The molecule has 6 heteroatoms. The van der Waals surface area contributed by atoms with Gasteiger partial charge in [-0.2, -0.15) is 0 Å². The molecule has 0 amide bonds. The molecule has 0 saturated heterocycles. The molecule has 0 bridgehead atoms. The van der Waals surface area contributed by atoms with Crippen LogP contribution in [0.5, 0.6) is 5.75 Å². The number of carboxylic acid groups (broad SMARTS) is 1. The van der Waals surface area contributed by atoms with Gasteiger partial charge >= 0.3 is 5.97 Å². The molecule has 0 aliphatic heterocycles. The van der Waals surface area contributed by atoms with Gasteiger partial charge in [0.05, 0.1) is 0 Å². The lowest BCUT2D eigenvalue weighted by atomic mass is 10.1. The monoisotopic (exact) mass is 341 g/mol. The Morgan fingerprint density at radius 2 is 1.75 bits per heavy atom. The SMILES string of the molecule is CC(Sc1nc(-c2ccccc2)c(-c2ccc(O)cc2)o1)C(=O)O. The minimum atomic E-state index is -0.925. The van der Waals surface area contributed by atoms with E-state index in [0.29, 0.717) is 16.7 Å². The molecule has 122 valence electrons. The number of benzene rings is 2. The Bertz CT molecular complexity index is 843. The first kappa shape index (κ1) is 16.1. The van der Waals surface area contributed by atoms with Crippen LogP contribution in [0.3, 0.4) is 0 Å². The third kappa shape index (κ3) is 3.44. The molecule has 0 fully saturated rings. The maximum absolute atomic E-state index is 11.1. The van der Waals surface area contributed by atoms with E-state index in [0.717, 1.165) is 22.9 Å². The Balaban J connectivity index is 2.06. The smallest absolute Gasteiger partial charge is 0.316 e. The normalized spacial score (nSPS) is 12.0. The van der Waals surface area contributed by atoms with Crippen LogP contribution in [-0.4, -0.2) is 26.4 Å². The molecule has 1 heterocycles. The van der Waals surface area contributed by atoms with Gasteiger partial charge in [-0.3, -0.25) is 4.79 Å². The topological polar surface area (TPSA) is 83.6 Å². The molecule has 2 N–H and O–H groups in total. The summed E-state index contributed by atoms with van der Waals surface area (Å²) in [6.07, 6.45) is 0. The van der Waals surface area contributed by atoms with Gasteiger partial charge in [0.15, 0.2) is 5.76 Å². The molecular formula is C18H15NO4S. The molecule has 0 saturated carbocycles. The summed E-state index contributed by atoms with van der Waals surface area (Å²) in [5.41, 5.74) is 2.27. The van der Waals surface area contributed by atoms with Crippen molar-refractivity contribution in [3.05, 3.63) is 54.6 Å². The molecule has 1 atom stereocenters. The molecule has 1 aromatic heterocycles. The van der Waals surface area contributed by atoms with Gasteiger partial charge in [-0.25, -0.2) is 4.98 Å². The molecular weight excluding hydrogens is 326 g/mol. The van der Waals surface area contributed by atoms with E-state index in [1.165, 1.54) is 0 Å². The van der Waals surface area contributed by atoms with Crippen LogP contribution in [0.15, 0.2) is 64.2 Å². The minimum Gasteiger partial charge on any atom is -0.508 e. The number of phenols is 1. The van der Waals surface area contributed by atoms with Crippen LogP contribution < -0.4 is 0 Å². The van der Waals surface area contributed by atoms with E-state index >= 15 is 0 Å². The van der Waals surface area contributed by atoms with E-state index in [1.807, 2.05) is 30.3 Å². The minimum absolute atomic E-state index is 0.161. The van der Waals surface area contributed by atoms with Crippen LogP contribution in [0.25, 0.3) is 22.6 Å². The average Bonchev–Trinajstić information content (AvgIpc) is 3.00. The van der Waals surface area contributed by atoms with Crippen molar-refractivity contribution < 1.29 is 19.4 Å². The van der Waals surface area contributed by atoms with E-state index in [1.54, 1.807) is 31.2 Å². The second kappa shape index (κ2) is 6.80. The van der Waals surface area contributed by atoms with Crippen molar-refractivity contribution in [3.8, 4) is 28.3 Å². The van der Waals surface area contributed by atoms with Gasteiger partial charge in [-0.1, -0.05) is 42.1 Å². The van der Waals surface area contributed by atoms with Crippen molar-refractivity contribution in [2.24, 2.45) is 0 Å². The first-order valence-electron chi connectivity index (χ1n) is 7.29. The zero-order chi connectivity index (χ0) is 17.1. The van der Waals surface area contributed by atoms with Gasteiger partial charge in [0.25, 0.3) is 5.22 Å². The number of nitrogens with zero attached hydrogens (tertiary/aromatic N) is 1. The summed E-state index contributed by atoms with van der Waals surface area (Å²) >= 11 is 1.05. The third-order valence-corrected chi connectivity index (χ3v) is 4.34. The highest BCUT2D eigenvalue weighted by Crippen LogP contribution is 2.37. The predicted molar refractivity (Wildman–Crippen MR) is 92.0 cm³/mol. The van der Waals surface area contributed by atoms with Crippen molar-refractivity contribution >= 4 is 17.7 Å². The number of carbonyl (C=O) groups is 1. The maximum Gasteiger partial charge on any atom is 0.316 e. The van der Waals surface area contributed by atoms with Crippen LogP contribution in [0.2, 0.25) is 0 Å².